The molecule has 58 heavy (non-hydrogen) atoms. The summed E-state index contributed by atoms with van der Waals surface area (Å²) in [6.07, 6.45) is 0. The zero-order chi connectivity index (χ0) is 39.5. The van der Waals surface area contributed by atoms with Crippen molar-refractivity contribution in [2.24, 2.45) is 0 Å². The van der Waals surface area contributed by atoms with Crippen LogP contribution in [0.2, 0.25) is 0 Å². The van der Waals surface area contributed by atoms with Crippen LogP contribution >= 0.6 is 0 Å². The molecule has 1 aromatic heterocycles. The third-order valence-electron chi connectivity index (χ3n) is 12.2. The van der Waals surface area contributed by atoms with Crippen molar-refractivity contribution in [3.8, 4) is 56.4 Å². The van der Waals surface area contributed by atoms with E-state index in [4.69, 9.17) is 24.3 Å². The second-order valence-corrected chi connectivity index (χ2v) is 16.3. The molecule has 0 N–H and O–H groups in total. The number of nitrogens with zero attached hydrogens (tertiary/aromatic N) is 3. The van der Waals surface area contributed by atoms with E-state index >= 15 is 0 Å². The molecule has 0 amide bonds. The molecule has 7 aromatic carbocycles. The van der Waals surface area contributed by atoms with Gasteiger partial charge in [-0.1, -0.05) is 170 Å². The Bertz CT molecular complexity index is 2680. The molecule has 1 saturated heterocycles. The Hall–Kier alpha value is -6.47. The Morgan fingerprint density at radius 1 is 0.379 bits per heavy atom. The van der Waals surface area contributed by atoms with E-state index in [1.165, 1.54) is 33.4 Å². The van der Waals surface area contributed by atoms with Crippen LogP contribution in [0.1, 0.15) is 49.9 Å². The van der Waals surface area contributed by atoms with Crippen LogP contribution in [0.25, 0.3) is 56.4 Å². The normalized spacial score (nSPS) is 15.8. The quantitative estimate of drug-likeness (QED) is 0.152. The van der Waals surface area contributed by atoms with Crippen LogP contribution in [0, 0.1) is 0 Å². The maximum Gasteiger partial charge on any atom is 0.494 e. The van der Waals surface area contributed by atoms with Gasteiger partial charge >= 0.3 is 7.12 Å². The summed E-state index contributed by atoms with van der Waals surface area (Å²) in [7, 11) is -0.598. The number of fused-ring (bicyclic) bond motifs is 3. The van der Waals surface area contributed by atoms with Crippen LogP contribution in [-0.4, -0.2) is 33.3 Å². The van der Waals surface area contributed by atoms with Crippen molar-refractivity contribution in [1.82, 2.24) is 15.0 Å². The van der Waals surface area contributed by atoms with Gasteiger partial charge in [-0.2, -0.15) is 0 Å². The van der Waals surface area contributed by atoms with Crippen LogP contribution in [0.15, 0.2) is 182 Å². The molecule has 1 fully saturated rings. The summed E-state index contributed by atoms with van der Waals surface area (Å²) in [5.74, 6) is 1.79. The van der Waals surface area contributed by atoms with E-state index in [1.807, 2.05) is 60.7 Å². The Morgan fingerprint density at radius 3 is 1.38 bits per heavy atom. The fourth-order valence-corrected chi connectivity index (χ4v) is 8.62. The lowest BCUT2D eigenvalue weighted by molar-refractivity contribution is 0.00578. The van der Waals surface area contributed by atoms with E-state index in [1.54, 1.807) is 0 Å². The zero-order valence-corrected chi connectivity index (χ0v) is 33.1. The van der Waals surface area contributed by atoms with Crippen LogP contribution in [0.3, 0.4) is 0 Å². The average Bonchev–Trinajstić information content (AvgIpc) is 3.70. The highest BCUT2D eigenvalue weighted by Crippen LogP contribution is 2.56. The van der Waals surface area contributed by atoms with E-state index in [0.717, 1.165) is 33.3 Å². The van der Waals surface area contributed by atoms with Crippen molar-refractivity contribution in [3.63, 3.8) is 0 Å². The second kappa shape index (κ2) is 13.9. The molecule has 5 nitrogen and oxygen atoms in total. The number of benzene rings is 7. The van der Waals surface area contributed by atoms with Crippen LogP contribution in [0.4, 0.5) is 0 Å². The van der Waals surface area contributed by atoms with Crippen LogP contribution < -0.4 is 5.46 Å². The molecule has 1 aliphatic heterocycles. The molecule has 0 spiro atoms. The molecular formula is C52H42BN3O2. The predicted molar refractivity (Wildman–Crippen MR) is 235 cm³/mol. The molecule has 2 heterocycles. The highest BCUT2D eigenvalue weighted by atomic mass is 16.7. The maximum absolute atomic E-state index is 6.71. The first kappa shape index (κ1) is 35.9. The first-order valence-electron chi connectivity index (χ1n) is 20.0. The lowest BCUT2D eigenvalue weighted by Gasteiger charge is -2.34. The first-order valence-corrected chi connectivity index (χ1v) is 20.0. The fourth-order valence-electron chi connectivity index (χ4n) is 8.62. The topological polar surface area (TPSA) is 57.1 Å². The minimum absolute atomic E-state index is 0.522. The Morgan fingerprint density at radius 2 is 0.828 bits per heavy atom. The molecule has 0 saturated carbocycles. The lowest BCUT2D eigenvalue weighted by Crippen LogP contribution is -2.41. The third-order valence-corrected chi connectivity index (χ3v) is 12.2. The Labute approximate surface area is 340 Å². The van der Waals surface area contributed by atoms with Gasteiger partial charge in [-0.3, -0.25) is 0 Å². The summed E-state index contributed by atoms with van der Waals surface area (Å²) in [4.78, 5) is 15.3. The van der Waals surface area contributed by atoms with E-state index in [-0.39, 0.29) is 0 Å². The maximum atomic E-state index is 6.71. The summed E-state index contributed by atoms with van der Waals surface area (Å²) in [6, 6.07) is 64.3. The second-order valence-electron chi connectivity index (χ2n) is 16.3. The molecular weight excluding hydrogens is 709 g/mol. The van der Waals surface area contributed by atoms with Gasteiger partial charge in [0.2, 0.25) is 0 Å². The number of rotatable bonds is 7. The molecule has 1 aliphatic carbocycles. The largest absolute Gasteiger partial charge is 0.494 e. The minimum atomic E-state index is -0.598. The van der Waals surface area contributed by atoms with Gasteiger partial charge in [0.15, 0.2) is 17.5 Å². The van der Waals surface area contributed by atoms with Crippen molar-refractivity contribution in [2.75, 3.05) is 0 Å². The summed E-state index contributed by atoms with van der Waals surface area (Å²) in [5, 5.41) is 0. The van der Waals surface area contributed by atoms with Gasteiger partial charge in [-0.05, 0) is 89.8 Å². The molecule has 0 unspecified atom stereocenters. The highest BCUT2D eigenvalue weighted by molar-refractivity contribution is 6.62. The summed E-state index contributed by atoms with van der Waals surface area (Å²) in [6.45, 7) is 8.36. The van der Waals surface area contributed by atoms with E-state index in [2.05, 4.69) is 149 Å². The number of aromatic nitrogens is 3. The summed E-state index contributed by atoms with van der Waals surface area (Å²) >= 11 is 0. The van der Waals surface area contributed by atoms with Gasteiger partial charge < -0.3 is 9.31 Å². The summed E-state index contributed by atoms with van der Waals surface area (Å²) < 4.78 is 13.4. The van der Waals surface area contributed by atoms with E-state index in [9.17, 15) is 0 Å². The average molecular weight is 752 g/mol. The van der Waals surface area contributed by atoms with E-state index in [0.29, 0.717) is 17.5 Å². The van der Waals surface area contributed by atoms with Gasteiger partial charge in [-0.15, -0.1) is 0 Å². The van der Waals surface area contributed by atoms with Gasteiger partial charge in [-0.25, -0.2) is 15.0 Å². The molecule has 280 valence electrons. The molecule has 10 rings (SSSR count). The fraction of sp³-hybridized carbons (Fsp3) is 0.135. The molecule has 0 bridgehead atoms. The molecule has 0 atom stereocenters. The minimum Gasteiger partial charge on any atom is -0.399 e. The summed E-state index contributed by atoms with van der Waals surface area (Å²) in [5.41, 5.74) is 11.5. The highest BCUT2D eigenvalue weighted by Gasteiger charge is 2.52. The van der Waals surface area contributed by atoms with Gasteiger partial charge in [0.05, 0.1) is 16.6 Å². The van der Waals surface area contributed by atoms with Gasteiger partial charge in [0.25, 0.3) is 0 Å². The van der Waals surface area contributed by atoms with Crippen molar-refractivity contribution in [3.05, 3.63) is 204 Å². The lowest BCUT2D eigenvalue weighted by atomic mass is 9.67. The van der Waals surface area contributed by atoms with Gasteiger partial charge in [0.1, 0.15) is 0 Å². The zero-order valence-electron chi connectivity index (χ0n) is 33.1. The van der Waals surface area contributed by atoms with Crippen molar-refractivity contribution in [1.29, 1.82) is 0 Å². The third kappa shape index (κ3) is 5.91. The van der Waals surface area contributed by atoms with Crippen molar-refractivity contribution in [2.45, 2.75) is 44.3 Å². The van der Waals surface area contributed by atoms with E-state index < -0.39 is 23.7 Å². The predicted octanol–water partition coefficient (Wildman–Crippen LogP) is 11.2. The Kier molecular flexibility index (Phi) is 8.59. The van der Waals surface area contributed by atoms with Gasteiger partial charge in [0, 0.05) is 16.7 Å². The standard InChI is InChI=1S/C52H42BN3O2/c1-50(2)51(3,4)58-53(57-50)42-32-38(31-39(33-42)49-55-47(35-19-9-5-10-20-35)54-48(56-49)36-21-11-6-12-22-36)37-29-30-44-43-27-17-18-28-45(43)52(46(44)34-37,40-23-13-7-14-24-40)41-25-15-8-16-26-41/h5-34H,1-4H3. The van der Waals surface area contributed by atoms with Crippen LogP contribution in [-0.2, 0) is 14.7 Å². The SMILES string of the molecule is CC1(C)OB(c2cc(-c3ccc4c(c3)C(c3ccccc3)(c3ccccc3)c3ccccc3-4)cc(-c3nc(-c4ccccc4)nc(-c4ccccc4)n3)c2)OC1(C)C. The van der Waals surface area contributed by atoms with Crippen molar-refractivity contribution < 1.29 is 9.31 Å². The van der Waals surface area contributed by atoms with Crippen LogP contribution in [0.5, 0.6) is 0 Å². The number of hydrogen-bond acceptors (Lipinski definition) is 5. The molecule has 0 radical (unpaired) electrons. The van der Waals surface area contributed by atoms with Crippen molar-refractivity contribution >= 4 is 12.6 Å². The number of hydrogen-bond donors (Lipinski definition) is 0. The smallest absolute Gasteiger partial charge is 0.399 e. The monoisotopic (exact) mass is 751 g/mol. The molecule has 6 heteroatoms. The molecule has 2 aliphatic rings. The first-order chi connectivity index (χ1) is 28.2. The molecule has 8 aromatic rings. The Balaban J connectivity index is 1.21.